The van der Waals surface area contributed by atoms with E-state index in [4.69, 9.17) is 16.7 Å². The highest BCUT2D eigenvalue weighted by atomic mass is 35.5. The number of nitrogens with one attached hydrogen (secondary N) is 1. The first kappa shape index (κ1) is 17.4. The van der Waals surface area contributed by atoms with E-state index in [0.29, 0.717) is 24.1 Å². The SMILES string of the molecule is CCCC(NC(=O)c1cc(Cl)nc(C(C)(C)C)c1)C(=O)O. The van der Waals surface area contributed by atoms with Gasteiger partial charge in [-0.25, -0.2) is 9.78 Å². The monoisotopic (exact) mass is 312 g/mol. The lowest BCUT2D eigenvalue weighted by molar-refractivity contribution is -0.139. The molecule has 0 fully saturated rings. The topological polar surface area (TPSA) is 79.3 Å². The van der Waals surface area contributed by atoms with Crippen molar-refractivity contribution < 1.29 is 14.7 Å². The smallest absolute Gasteiger partial charge is 0.326 e. The van der Waals surface area contributed by atoms with E-state index in [0.717, 1.165) is 0 Å². The standard InChI is InChI=1S/C15H21ClN2O3/c1-5-6-10(14(20)21)17-13(19)9-7-11(15(2,3)4)18-12(16)8-9/h7-8,10H,5-6H2,1-4H3,(H,17,19)(H,20,21). The highest BCUT2D eigenvalue weighted by Gasteiger charge is 2.22. The molecule has 0 aliphatic heterocycles. The first-order valence-corrected chi connectivity index (χ1v) is 7.24. The molecule has 21 heavy (non-hydrogen) atoms. The average molecular weight is 313 g/mol. The van der Waals surface area contributed by atoms with Gasteiger partial charge in [0.25, 0.3) is 5.91 Å². The molecule has 1 unspecified atom stereocenters. The zero-order chi connectivity index (χ0) is 16.2. The second kappa shape index (κ2) is 6.89. The van der Waals surface area contributed by atoms with Crippen molar-refractivity contribution in [3.8, 4) is 0 Å². The fraction of sp³-hybridized carbons (Fsp3) is 0.533. The first-order chi connectivity index (χ1) is 9.65. The number of carboxylic acid groups (broad SMARTS) is 1. The molecule has 1 rings (SSSR count). The van der Waals surface area contributed by atoms with E-state index < -0.39 is 17.9 Å². The fourth-order valence-electron chi connectivity index (χ4n) is 1.80. The second-order valence-corrected chi connectivity index (χ2v) is 6.35. The van der Waals surface area contributed by atoms with Gasteiger partial charge < -0.3 is 10.4 Å². The Morgan fingerprint density at radius 1 is 1.38 bits per heavy atom. The average Bonchev–Trinajstić information content (AvgIpc) is 2.36. The molecule has 0 aliphatic carbocycles. The second-order valence-electron chi connectivity index (χ2n) is 5.97. The number of nitrogens with zero attached hydrogens (tertiary/aromatic N) is 1. The summed E-state index contributed by atoms with van der Waals surface area (Å²) in [6.45, 7) is 7.75. The summed E-state index contributed by atoms with van der Waals surface area (Å²) >= 11 is 5.95. The van der Waals surface area contributed by atoms with Crippen molar-refractivity contribution in [2.24, 2.45) is 0 Å². The third-order valence-electron chi connectivity index (χ3n) is 3.01. The van der Waals surface area contributed by atoms with Crippen LogP contribution in [-0.4, -0.2) is 28.0 Å². The molecule has 6 heteroatoms. The number of hydrogen-bond donors (Lipinski definition) is 2. The predicted octanol–water partition coefficient (Wildman–Crippen LogP) is 3.02. The van der Waals surface area contributed by atoms with Gasteiger partial charge >= 0.3 is 5.97 Å². The maximum absolute atomic E-state index is 12.2. The van der Waals surface area contributed by atoms with Crippen LogP contribution in [0.5, 0.6) is 0 Å². The van der Waals surface area contributed by atoms with Crippen LogP contribution in [0.15, 0.2) is 12.1 Å². The van der Waals surface area contributed by atoms with Crippen molar-refractivity contribution in [2.45, 2.75) is 52.0 Å². The van der Waals surface area contributed by atoms with E-state index in [2.05, 4.69) is 10.3 Å². The molecule has 0 aliphatic rings. The number of halogens is 1. The Bertz CT molecular complexity index is 538. The summed E-state index contributed by atoms with van der Waals surface area (Å²) in [6, 6.07) is 2.19. The van der Waals surface area contributed by atoms with E-state index in [-0.39, 0.29) is 10.6 Å². The van der Waals surface area contributed by atoms with Gasteiger partial charge in [0.2, 0.25) is 0 Å². The van der Waals surface area contributed by atoms with Crippen molar-refractivity contribution in [3.63, 3.8) is 0 Å². The Kier molecular flexibility index (Phi) is 5.72. The summed E-state index contributed by atoms with van der Waals surface area (Å²) < 4.78 is 0. The van der Waals surface area contributed by atoms with Gasteiger partial charge in [-0.2, -0.15) is 0 Å². The van der Waals surface area contributed by atoms with Crippen LogP contribution in [0.3, 0.4) is 0 Å². The molecule has 5 nitrogen and oxygen atoms in total. The number of carboxylic acids is 1. The van der Waals surface area contributed by atoms with Gasteiger partial charge in [0, 0.05) is 16.7 Å². The van der Waals surface area contributed by atoms with Gasteiger partial charge in [0.1, 0.15) is 11.2 Å². The Labute approximate surface area is 129 Å². The van der Waals surface area contributed by atoms with Crippen molar-refractivity contribution >= 4 is 23.5 Å². The molecule has 1 amide bonds. The molecular weight excluding hydrogens is 292 g/mol. The summed E-state index contributed by atoms with van der Waals surface area (Å²) in [4.78, 5) is 27.5. The number of carbonyl (C=O) groups excluding carboxylic acids is 1. The maximum atomic E-state index is 12.2. The van der Waals surface area contributed by atoms with Crippen LogP contribution < -0.4 is 5.32 Å². The third-order valence-corrected chi connectivity index (χ3v) is 3.20. The summed E-state index contributed by atoms with van der Waals surface area (Å²) in [5, 5.41) is 11.8. The minimum absolute atomic E-state index is 0.218. The summed E-state index contributed by atoms with van der Waals surface area (Å²) in [5.74, 6) is -1.49. The lowest BCUT2D eigenvalue weighted by Crippen LogP contribution is -2.40. The van der Waals surface area contributed by atoms with Gasteiger partial charge in [-0.15, -0.1) is 0 Å². The predicted molar refractivity (Wildman–Crippen MR) is 81.7 cm³/mol. The van der Waals surface area contributed by atoms with Crippen LogP contribution in [0, 0.1) is 0 Å². The fourth-order valence-corrected chi connectivity index (χ4v) is 2.01. The lowest BCUT2D eigenvalue weighted by Gasteiger charge is -2.19. The molecule has 2 N–H and O–H groups in total. The van der Waals surface area contributed by atoms with E-state index >= 15 is 0 Å². The first-order valence-electron chi connectivity index (χ1n) is 6.87. The minimum atomic E-state index is -1.04. The van der Waals surface area contributed by atoms with Crippen LogP contribution in [0.1, 0.15) is 56.6 Å². The molecule has 1 aromatic rings. The van der Waals surface area contributed by atoms with Crippen LogP contribution in [-0.2, 0) is 10.2 Å². The minimum Gasteiger partial charge on any atom is -0.480 e. The molecular formula is C15H21ClN2O3. The van der Waals surface area contributed by atoms with Crippen molar-refractivity contribution in [1.82, 2.24) is 10.3 Å². The van der Waals surface area contributed by atoms with Gasteiger partial charge in [-0.1, -0.05) is 45.7 Å². The highest BCUT2D eigenvalue weighted by molar-refractivity contribution is 6.29. The Hall–Kier alpha value is -1.62. The third kappa shape index (κ3) is 5.01. The van der Waals surface area contributed by atoms with Gasteiger partial charge in [0.15, 0.2) is 0 Å². The van der Waals surface area contributed by atoms with Crippen molar-refractivity contribution in [2.75, 3.05) is 0 Å². The molecule has 0 spiro atoms. The molecule has 116 valence electrons. The van der Waals surface area contributed by atoms with Gasteiger partial charge in [-0.3, -0.25) is 4.79 Å². The zero-order valence-corrected chi connectivity index (χ0v) is 13.5. The van der Waals surface area contributed by atoms with Crippen LogP contribution in [0.2, 0.25) is 5.15 Å². The number of aromatic nitrogens is 1. The van der Waals surface area contributed by atoms with Crippen LogP contribution in [0.25, 0.3) is 0 Å². The molecule has 1 aromatic heterocycles. The van der Waals surface area contributed by atoms with Crippen molar-refractivity contribution in [3.05, 3.63) is 28.5 Å². The summed E-state index contributed by atoms with van der Waals surface area (Å²) in [6.07, 6.45) is 1.05. The number of hydrogen-bond acceptors (Lipinski definition) is 3. The highest BCUT2D eigenvalue weighted by Crippen LogP contribution is 2.23. The number of carbonyl (C=O) groups is 2. The lowest BCUT2D eigenvalue weighted by atomic mass is 9.91. The van der Waals surface area contributed by atoms with Crippen molar-refractivity contribution in [1.29, 1.82) is 0 Å². The normalized spacial score (nSPS) is 12.8. The summed E-state index contributed by atoms with van der Waals surface area (Å²) in [5.41, 5.74) is 0.750. The maximum Gasteiger partial charge on any atom is 0.326 e. The van der Waals surface area contributed by atoms with E-state index in [1.54, 1.807) is 6.07 Å². The zero-order valence-electron chi connectivity index (χ0n) is 12.7. The number of amides is 1. The van der Waals surface area contributed by atoms with Gasteiger partial charge in [-0.05, 0) is 18.6 Å². The molecule has 0 aromatic carbocycles. The Morgan fingerprint density at radius 3 is 2.48 bits per heavy atom. The quantitative estimate of drug-likeness (QED) is 0.819. The van der Waals surface area contributed by atoms with E-state index in [1.165, 1.54) is 6.07 Å². The van der Waals surface area contributed by atoms with Crippen LogP contribution >= 0.6 is 11.6 Å². The molecule has 0 radical (unpaired) electrons. The number of pyridine rings is 1. The van der Waals surface area contributed by atoms with Crippen LogP contribution in [0.4, 0.5) is 0 Å². The van der Waals surface area contributed by atoms with E-state index in [1.807, 2.05) is 27.7 Å². The largest absolute Gasteiger partial charge is 0.480 e. The van der Waals surface area contributed by atoms with Gasteiger partial charge in [0.05, 0.1) is 0 Å². The molecule has 0 bridgehead atoms. The Balaban J connectivity index is 3.02. The molecule has 1 heterocycles. The van der Waals surface area contributed by atoms with E-state index in [9.17, 15) is 9.59 Å². The molecule has 0 saturated heterocycles. The summed E-state index contributed by atoms with van der Waals surface area (Å²) in [7, 11) is 0. The molecule has 0 saturated carbocycles. The number of aliphatic carboxylic acids is 1. The molecule has 1 atom stereocenters. The Morgan fingerprint density at radius 2 is 2.00 bits per heavy atom. The number of rotatable bonds is 5.